The molecule has 0 saturated carbocycles. The lowest BCUT2D eigenvalue weighted by molar-refractivity contribution is -0.139. The van der Waals surface area contributed by atoms with E-state index in [1.54, 1.807) is 42.5 Å². The number of rotatable bonds is 11. The van der Waals surface area contributed by atoms with Gasteiger partial charge in [-0.05, 0) is 60.5 Å². The van der Waals surface area contributed by atoms with Crippen molar-refractivity contribution < 1.29 is 28.2 Å². The number of carbonyl (C=O) groups is 1. The lowest BCUT2D eigenvalue weighted by atomic mass is 10.1. The summed E-state index contributed by atoms with van der Waals surface area (Å²) in [7, 11) is -3.88. The highest BCUT2D eigenvalue weighted by atomic mass is 35.5. The molecule has 10 heteroatoms. The van der Waals surface area contributed by atoms with Gasteiger partial charge in [0.05, 0.1) is 11.0 Å². The number of aliphatic hydroxyl groups is 1. The number of carboxylic acids is 1. The van der Waals surface area contributed by atoms with Gasteiger partial charge in [0.1, 0.15) is 10.6 Å². The van der Waals surface area contributed by atoms with Gasteiger partial charge in [-0.2, -0.15) is 0 Å². The molecule has 0 unspecified atom stereocenters. The van der Waals surface area contributed by atoms with E-state index in [1.807, 2.05) is 6.07 Å². The molecule has 0 aliphatic rings. The molecule has 0 amide bonds. The van der Waals surface area contributed by atoms with Crippen LogP contribution in [0.5, 0.6) is 5.75 Å². The van der Waals surface area contributed by atoms with Gasteiger partial charge in [-0.1, -0.05) is 48.0 Å². The minimum Gasteiger partial charge on any atom is -0.481 e. The van der Waals surface area contributed by atoms with Gasteiger partial charge in [0.25, 0.3) is 0 Å². The Labute approximate surface area is 209 Å². The van der Waals surface area contributed by atoms with Crippen LogP contribution in [0.4, 0.5) is 0 Å². The maximum absolute atomic E-state index is 13.0. The standard InChI is InChI=1S/C24H24ClNO6S.ClH/c25-19-5-3-4-18(14-19)21(27)15-26-13-12-17-8-10-20(11-9-17)33(30,31)23-7-2-1-6-22(23)32-16-24(28)29;/h1-11,14,21,26-27H,12-13,15-16H2,(H,28,29);1H/t21-;/m0./s1. The smallest absolute Gasteiger partial charge is 0.341 e. The molecule has 3 aromatic carbocycles. The number of hydrogen-bond acceptors (Lipinski definition) is 6. The number of aliphatic carboxylic acids is 1. The number of hydrogen-bond donors (Lipinski definition) is 3. The summed E-state index contributed by atoms with van der Waals surface area (Å²) in [6.07, 6.45) is -0.0411. The van der Waals surface area contributed by atoms with Crippen molar-refractivity contribution in [3.05, 3.63) is 88.9 Å². The number of halogens is 2. The van der Waals surface area contributed by atoms with Crippen LogP contribution in [0.1, 0.15) is 17.2 Å². The predicted molar refractivity (Wildman–Crippen MR) is 132 cm³/mol. The van der Waals surface area contributed by atoms with Gasteiger partial charge in [-0.25, -0.2) is 13.2 Å². The first-order chi connectivity index (χ1) is 15.8. The fourth-order valence-corrected chi connectivity index (χ4v) is 4.79. The molecular formula is C24H25Cl2NO6S. The highest BCUT2D eigenvalue weighted by Crippen LogP contribution is 2.29. The van der Waals surface area contributed by atoms with E-state index in [4.69, 9.17) is 21.4 Å². The summed E-state index contributed by atoms with van der Waals surface area (Å²) < 4.78 is 31.2. The number of nitrogens with one attached hydrogen (secondary N) is 1. The average Bonchev–Trinajstić information content (AvgIpc) is 2.81. The Morgan fingerprint density at radius 3 is 2.41 bits per heavy atom. The molecule has 34 heavy (non-hydrogen) atoms. The maximum atomic E-state index is 13.0. The van der Waals surface area contributed by atoms with Gasteiger partial charge in [-0.3, -0.25) is 0 Å². The van der Waals surface area contributed by atoms with Crippen LogP contribution in [0, 0.1) is 0 Å². The molecule has 182 valence electrons. The average molecular weight is 526 g/mol. The Kier molecular flexibility index (Phi) is 10.3. The molecule has 0 aliphatic heterocycles. The van der Waals surface area contributed by atoms with Crippen molar-refractivity contribution in [3.8, 4) is 5.75 Å². The first-order valence-electron chi connectivity index (χ1n) is 10.2. The second kappa shape index (κ2) is 12.7. The molecule has 0 radical (unpaired) electrons. The predicted octanol–water partition coefficient (Wildman–Crippen LogP) is 3.92. The van der Waals surface area contributed by atoms with E-state index in [0.29, 0.717) is 24.5 Å². The molecular weight excluding hydrogens is 501 g/mol. The SMILES string of the molecule is Cl.O=C(O)COc1ccccc1S(=O)(=O)c1ccc(CCNC[C@H](O)c2cccc(Cl)c2)cc1. The molecule has 0 heterocycles. The monoisotopic (exact) mass is 525 g/mol. The topological polar surface area (TPSA) is 113 Å². The highest BCUT2D eigenvalue weighted by Gasteiger charge is 2.22. The van der Waals surface area contributed by atoms with Gasteiger partial charge in [0.2, 0.25) is 9.84 Å². The van der Waals surface area contributed by atoms with E-state index < -0.39 is 28.5 Å². The fraction of sp³-hybridized carbons (Fsp3) is 0.208. The summed E-state index contributed by atoms with van der Waals surface area (Å²) in [4.78, 5) is 10.8. The molecule has 0 spiro atoms. The van der Waals surface area contributed by atoms with E-state index in [2.05, 4.69) is 5.32 Å². The summed E-state index contributed by atoms with van der Waals surface area (Å²) in [5.41, 5.74) is 1.66. The zero-order chi connectivity index (χ0) is 23.8. The largest absolute Gasteiger partial charge is 0.481 e. The van der Waals surface area contributed by atoms with Crippen LogP contribution >= 0.6 is 24.0 Å². The van der Waals surface area contributed by atoms with Crippen molar-refractivity contribution in [3.63, 3.8) is 0 Å². The second-order valence-electron chi connectivity index (χ2n) is 7.30. The number of aliphatic hydroxyl groups excluding tert-OH is 1. The quantitative estimate of drug-likeness (QED) is 0.325. The molecule has 0 fully saturated rings. The summed E-state index contributed by atoms with van der Waals surface area (Å²) in [6, 6.07) is 19.5. The first-order valence-corrected chi connectivity index (χ1v) is 12.1. The molecule has 0 aliphatic carbocycles. The van der Waals surface area contributed by atoms with Crippen LogP contribution in [-0.2, 0) is 21.1 Å². The molecule has 3 N–H and O–H groups in total. The van der Waals surface area contributed by atoms with Crippen LogP contribution in [0.15, 0.2) is 82.6 Å². The number of para-hydroxylation sites is 1. The second-order valence-corrected chi connectivity index (χ2v) is 9.66. The van der Waals surface area contributed by atoms with Crippen LogP contribution < -0.4 is 10.1 Å². The minimum absolute atomic E-state index is 0. The Bertz CT molecular complexity index is 1200. The van der Waals surface area contributed by atoms with Crippen molar-refractivity contribution in [1.82, 2.24) is 5.32 Å². The third kappa shape index (κ3) is 7.44. The Balaban J connectivity index is 0.00000408. The summed E-state index contributed by atoms with van der Waals surface area (Å²) in [5, 5.41) is 22.8. The van der Waals surface area contributed by atoms with Gasteiger partial charge >= 0.3 is 5.97 Å². The summed E-state index contributed by atoms with van der Waals surface area (Å²) >= 11 is 5.95. The van der Waals surface area contributed by atoms with E-state index in [-0.39, 0.29) is 27.9 Å². The molecule has 0 saturated heterocycles. The van der Waals surface area contributed by atoms with Gasteiger partial charge in [0.15, 0.2) is 6.61 Å². The Hall–Kier alpha value is -2.62. The first kappa shape index (κ1) is 27.6. The number of carboxylic acid groups (broad SMARTS) is 1. The Morgan fingerprint density at radius 2 is 1.74 bits per heavy atom. The Morgan fingerprint density at radius 1 is 1.03 bits per heavy atom. The molecule has 3 aromatic rings. The maximum Gasteiger partial charge on any atom is 0.341 e. The number of benzene rings is 3. The van der Waals surface area contributed by atoms with E-state index >= 15 is 0 Å². The normalized spacial score (nSPS) is 11.9. The zero-order valence-electron chi connectivity index (χ0n) is 18.1. The van der Waals surface area contributed by atoms with Crippen LogP contribution in [0.25, 0.3) is 0 Å². The van der Waals surface area contributed by atoms with E-state index in [0.717, 1.165) is 11.1 Å². The van der Waals surface area contributed by atoms with Crippen molar-refractivity contribution >= 4 is 39.8 Å². The van der Waals surface area contributed by atoms with Crippen LogP contribution in [0.3, 0.4) is 0 Å². The van der Waals surface area contributed by atoms with Crippen molar-refractivity contribution in [1.29, 1.82) is 0 Å². The van der Waals surface area contributed by atoms with E-state index in [9.17, 15) is 18.3 Å². The molecule has 7 nitrogen and oxygen atoms in total. The fourth-order valence-electron chi connectivity index (χ4n) is 3.20. The summed E-state index contributed by atoms with van der Waals surface area (Å²) in [6.45, 7) is 0.319. The third-order valence-electron chi connectivity index (χ3n) is 4.89. The molecule has 3 rings (SSSR count). The highest BCUT2D eigenvalue weighted by molar-refractivity contribution is 7.91. The van der Waals surface area contributed by atoms with Gasteiger partial charge in [0, 0.05) is 11.6 Å². The zero-order valence-corrected chi connectivity index (χ0v) is 20.4. The van der Waals surface area contributed by atoms with Gasteiger partial charge in [-0.15, -0.1) is 12.4 Å². The lowest BCUT2D eigenvalue weighted by Gasteiger charge is -2.13. The third-order valence-corrected chi connectivity index (χ3v) is 6.93. The van der Waals surface area contributed by atoms with E-state index in [1.165, 1.54) is 24.3 Å². The number of ether oxygens (including phenoxy) is 1. The lowest BCUT2D eigenvalue weighted by Crippen LogP contribution is -2.23. The van der Waals surface area contributed by atoms with Crippen LogP contribution in [0.2, 0.25) is 5.02 Å². The van der Waals surface area contributed by atoms with Crippen molar-refractivity contribution in [2.45, 2.75) is 22.3 Å². The van der Waals surface area contributed by atoms with Crippen molar-refractivity contribution in [2.24, 2.45) is 0 Å². The molecule has 1 atom stereocenters. The van der Waals surface area contributed by atoms with Crippen LogP contribution in [-0.4, -0.2) is 44.3 Å². The summed E-state index contributed by atoms with van der Waals surface area (Å²) in [5.74, 6) is -1.20. The van der Waals surface area contributed by atoms with Gasteiger partial charge < -0.3 is 20.3 Å². The van der Waals surface area contributed by atoms with Crippen molar-refractivity contribution in [2.75, 3.05) is 19.7 Å². The molecule has 0 aromatic heterocycles. The number of sulfone groups is 1. The molecule has 0 bridgehead atoms. The minimum atomic E-state index is -3.88.